The lowest BCUT2D eigenvalue weighted by Crippen LogP contribution is -2.50. The summed E-state index contributed by atoms with van der Waals surface area (Å²) in [6.07, 6.45) is 5.74. The van der Waals surface area contributed by atoms with Crippen LogP contribution in [0, 0.1) is 11.3 Å². The highest BCUT2D eigenvalue weighted by Crippen LogP contribution is 2.34. The van der Waals surface area contributed by atoms with Crippen molar-refractivity contribution in [1.29, 1.82) is 0 Å². The van der Waals surface area contributed by atoms with Gasteiger partial charge in [0.2, 0.25) is 0 Å². The molecule has 2 aliphatic rings. The van der Waals surface area contributed by atoms with Crippen LogP contribution in [0.5, 0.6) is 0 Å². The molecule has 1 atom stereocenters. The predicted molar refractivity (Wildman–Crippen MR) is 80.3 cm³/mol. The lowest BCUT2D eigenvalue weighted by atomic mass is 9.77. The van der Waals surface area contributed by atoms with E-state index in [1.54, 1.807) is 0 Å². The van der Waals surface area contributed by atoms with Crippen LogP contribution >= 0.6 is 0 Å². The summed E-state index contributed by atoms with van der Waals surface area (Å²) in [6.45, 7) is 12.3. The molecule has 0 aliphatic carbocycles. The van der Waals surface area contributed by atoms with Crippen LogP contribution in [0.1, 0.15) is 52.9 Å². The van der Waals surface area contributed by atoms with Gasteiger partial charge in [-0.1, -0.05) is 20.8 Å². The van der Waals surface area contributed by atoms with E-state index < -0.39 is 5.60 Å². The van der Waals surface area contributed by atoms with E-state index in [0.29, 0.717) is 5.41 Å². The monoisotopic (exact) mass is 268 g/mol. The fourth-order valence-electron chi connectivity index (χ4n) is 3.65. The van der Waals surface area contributed by atoms with Crippen molar-refractivity contribution in [3.8, 4) is 0 Å². The van der Waals surface area contributed by atoms with Crippen molar-refractivity contribution in [2.45, 2.75) is 58.5 Å². The van der Waals surface area contributed by atoms with Crippen molar-refractivity contribution in [3.63, 3.8) is 0 Å². The average molecular weight is 268 g/mol. The first kappa shape index (κ1) is 15.3. The van der Waals surface area contributed by atoms with Crippen molar-refractivity contribution >= 4 is 0 Å². The molecule has 0 radical (unpaired) electrons. The Kier molecular flexibility index (Phi) is 4.91. The highest BCUT2D eigenvalue weighted by atomic mass is 16.3. The lowest BCUT2D eigenvalue weighted by molar-refractivity contribution is -0.0205. The number of aliphatic hydroxyl groups is 1. The largest absolute Gasteiger partial charge is 0.388 e. The standard InChI is InChI=1S/C16H32N2O/c1-15(2,3)14-5-4-11-18(12-6-14)13-16(19)7-9-17-10-8-16/h14,17,19H,4-13H2,1-3H3. The number of hydrogen-bond donors (Lipinski definition) is 2. The fourth-order valence-corrected chi connectivity index (χ4v) is 3.65. The molecule has 2 saturated heterocycles. The first-order valence-electron chi connectivity index (χ1n) is 8.05. The Morgan fingerprint density at radius 3 is 2.47 bits per heavy atom. The molecular weight excluding hydrogens is 236 g/mol. The van der Waals surface area contributed by atoms with Gasteiger partial charge >= 0.3 is 0 Å². The third kappa shape index (κ3) is 4.44. The molecule has 0 saturated carbocycles. The first-order chi connectivity index (χ1) is 8.89. The van der Waals surface area contributed by atoms with E-state index >= 15 is 0 Å². The Labute approximate surface area is 118 Å². The third-order valence-electron chi connectivity index (χ3n) is 5.10. The van der Waals surface area contributed by atoms with E-state index in [9.17, 15) is 5.11 Å². The summed E-state index contributed by atoms with van der Waals surface area (Å²) in [7, 11) is 0. The van der Waals surface area contributed by atoms with Gasteiger partial charge in [-0.15, -0.1) is 0 Å². The van der Waals surface area contributed by atoms with Gasteiger partial charge in [0.1, 0.15) is 0 Å². The maximum absolute atomic E-state index is 10.7. The highest BCUT2D eigenvalue weighted by molar-refractivity contribution is 4.88. The molecule has 2 N–H and O–H groups in total. The SMILES string of the molecule is CC(C)(C)C1CCCN(CC2(O)CCNCC2)CC1. The maximum atomic E-state index is 10.7. The van der Waals surface area contributed by atoms with E-state index in [2.05, 4.69) is 31.0 Å². The van der Waals surface area contributed by atoms with Crippen LogP contribution in [0.2, 0.25) is 0 Å². The van der Waals surface area contributed by atoms with Gasteiger partial charge in [-0.25, -0.2) is 0 Å². The summed E-state index contributed by atoms with van der Waals surface area (Å²) in [5.74, 6) is 0.833. The summed E-state index contributed by atoms with van der Waals surface area (Å²) in [5, 5.41) is 14.0. The lowest BCUT2D eigenvalue weighted by Gasteiger charge is -2.37. The summed E-state index contributed by atoms with van der Waals surface area (Å²) in [4.78, 5) is 2.51. The van der Waals surface area contributed by atoms with Gasteiger partial charge in [-0.3, -0.25) is 0 Å². The zero-order valence-electron chi connectivity index (χ0n) is 13.0. The van der Waals surface area contributed by atoms with Gasteiger partial charge in [-0.2, -0.15) is 0 Å². The minimum atomic E-state index is -0.438. The number of likely N-dealkylation sites (tertiary alicyclic amines) is 1. The molecule has 0 amide bonds. The van der Waals surface area contributed by atoms with Crippen molar-refractivity contribution in [2.24, 2.45) is 11.3 Å². The number of hydrogen-bond acceptors (Lipinski definition) is 3. The molecular formula is C16H32N2O. The second-order valence-corrected chi connectivity index (χ2v) is 7.74. The Balaban J connectivity index is 1.85. The molecule has 1 unspecified atom stereocenters. The van der Waals surface area contributed by atoms with Crippen LogP contribution in [0.3, 0.4) is 0 Å². The van der Waals surface area contributed by atoms with E-state index in [4.69, 9.17) is 0 Å². The van der Waals surface area contributed by atoms with Crippen LogP contribution in [0.4, 0.5) is 0 Å². The second kappa shape index (κ2) is 6.11. The molecule has 2 fully saturated rings. The predicted octanol–water partition coefficient (Wildman–Crippen LogP) is 2.25. The van der Waals surface area contributed by atoms with Crippen LogP contribution in [-0.2, 0) is 0 Å². The summed E-state index contributed by atoms with van der Waals surface area (Å²) in [6, 6.07) is 0. The second-order valence-electron chi connectivity index (χ2n) is 7.74. The minimum Gasteiger partial charge on any atom is -0.388 e. The van der Waals surface area contributed by atoms with Crippen LogP contribution in [-0.4, -0.2) is 48.3 Å². The molecule has 0 aromatic carbocycles. The van der Waals surface area contributed by atoms with Crippen molar-refractivity contribution in [1.82, 2.24) is 10.2 Å². The molecule has 2 aliphatic heterocycles. The smallest absolute Gasteiger partial charge is 0.0798 e. The highest BCUT2D eigenvalue weighted by Gasteiger charge is 2.33. The molecule has 2 rings (SSSR count). The normalized spacial score (nSPS) is 30.0. The molecule has 3 nitrogen and oxygen atoms in total. The number of nitrogens with one attached hydrogen (secondary N) is 1. The van der Waals surface area contributed by atoms with E-state index in [1.807, 2.05) is 0 Å². The maximum Gasteiger partial charge on any atom is 0.0798 e. The molecule has 2 heterocycles. The molecule has 0 bridgehead atoms. The molecule has 0 aromatic heterocycles. The summed E-state index contributed by atoms with van der Waals surface area (Å²) in [5.41, 5.74) is -0.00547. The van der Waals surface area contributed by atoms with Crippen LogP contribution in [0.25, 0.3) is 0 Å². The number of rotatable bonds is 2. The van der Waals surface area contributed by atoms with Gasteiger partial charge in [0.15, 0.2) is 0 Å². The zero-order chi connectivity index (χ0) is 13.9. The van der Waals surface area contributed by atoms with E-state index in [-0.39, 0.29) is 0 Å². The van der Waals surface area contributed by atoms with Crippen molar-refractivity contribution in [2.75, 3.05) is 32.7 Å². The first-order valence-corrected chi connectivity index (χ1v) is 8.05. The van der Waals surface area contributed by atoms with Crippen molar-refractivity contribution < 1.29 is 5.11 Å². The Bertz CT molecular complexity index is 279. The van der Waals surface area contributed by atoms with Crippen LogP contribution in [0.15, 0.2) is 0 Å². The van der Waals surface area contributed by atoms with Gasteiger partial charge in [-0.05, 0) is 69.6 Å². The molecule has 19 heavy (non-hydrogen) atoms. The quantitative estimate of drug-likeness (QED) is 0.806. The minimum absolute atomic E-state index is 0.432. The van der Waals surface area contributed by atoms with Crippen molar-refractivity contribution in [3.05, 3.63) is 0 Å². The Hall–Kier alpha value is -0.120. The topological polar surface area (TPSA) is 35.5 Å². The summed E-state index contributed by atoms with van der Waals surface area (Å²) < 4.78 is 0. The third-order valence-corrected chi connectivity index (χ3v) is 5.10. The van der Waals surface area contributed by atoms with Gasteiger partial charge < -0.3 is 15.3 Å². The Morgan fingerprint density at radius 2 is 1.84 bits per heavy atom. The van der Waals surface area contributed by atoms with Gasteiger partial charge in [0.25, 0.3) is 0 Å². The van der Waals surface area contributed by atoms with E-state index in [1.165, 1.54) is 25.8 Å². The number of piperidine rings is 1. The molecule has 112 valence electrons. The van der Waals surface area contributed by atoms with E-state index in [0.717, 1.165) is 44.9 Å². The molecule has 0 spiro atoms. The van der Waals surface area contributed by atoms with Crippen LogP contribution < -0.4 is 5.32 Å². The summed E-state index contributed by atoms with van der Waals surface area (Å²) >= 11 is 0. The fraction of sp³-hybridized carbons (Fsp3) is 1.00. The number of β-amino-alcohol motifs (C(OH)–C–C–N with tert-alkyl or cyclic N) is 1. The molecule has 0 aromatic rings. The number of nitrogens with zero attached hydrogens (tertiary/aromatic N) is 1. The molecule has 3 heteroatoms. The average Bonchev–Trinajstić information content (AvgIpc) is 2.54. The van der Waals surface area contributed by atoms with Gasteiger partial charge in [0, 0.05) is 6.54 Å². The zero-order valence-corrected chi connectivity index (χ0v) is 13.0. The van der Waals surface area contributed by atoms with Gasteiger partial charge in [0.05, 0.1) is 5.60 Å². The Morgan fingerprint density at radius 1 is 1.16 bits per heavy atom.